The van der Waals surface area contributed by atoms with Crippen LogP contribution in [0.5, 0.6) is 0 Å². The van der Waals surface area contributed by atoms with Crippen LogP contribution < -0.4 is 0 Å². The molecule has 3 heterocycles. The van der Waals surface area contributed by atoms with Crippen molar-refractivity contribution in [1.82, 2.24) is 30.4 Å². The Labute approximate surface area is 131 Å². The molecule has 3 atom stereocenters. The number of aromatic amines is 1. The summed E-state index contributed by atoms with van der Waals surface area (Å²) in [7, 11) is 0. The van der Waals surface area contributed by atoms with Crippen LogP contribution in [0.1, 0.15) is 51.8 Å². The number of carbonyl (C=O) groups excluding carboxylic acids is 1. The van der Waals surface area contributed by atoms with Crippen molar-refractivity contribution in [2.75, 3.05) is 13.1 Å². The summed E-state index contributed by atoms with van der Waals surface area (Å²) in [5.41, 5.74) is 0. The molecule has 2 aliphatic rings. The van der Waals surface area contributed by atoms with Crippen molar-refractivity contribution in [3.05, 3.63) is 5.82 Å². The molecule has 2 aliphatic heterocycles. The van der Waals surface area contributed by atoms with Crippen molar-refractivity contribution < 1.29 is 4.79 Å². The smallest absolute Gasteiger partial charge is 0.223 e. The highest BCUT2D eigenvalue weighted by Crippen LogP contribution is 2.29. The number of amides is 1. The van der Waals surface area contributed by atoms with Crippen molar-refractivity contribution in [1.29, 1.82) is 0 Å². The third-order valence-corrected chi connectivity index (χ3v) is 5.14. The van der Waals surface area contributed by atoms with Gasteiger partial charge in [-0.3, -0.25) is 9.69 Å². The molecule has 22 heavy (non-hydrogen) atoms. The van der Waals surface area contributed by atoms with Crippen LogP contribution in [0.3, 0.4) is 0 Å². The SMILES string of the molecule is CC1CCC(C)N1C1CCCN(C(=O)CCc2nn[nH]n2)C1. The topological polar surface area (TPSA) is 78.0 Å². The van der Waals surface area contributed by atoms with Crippen LogP contribution in [0.15, 0.2) is 0 Å². The molecule has 0 spiro atoms. The first-order valence-corrected chi connectivity index (χ1v) is 8.42. The molecule has 0 aliphatic carbocycles. The normalized spacial score (nSPS) is 29.9. The molecule has 0 saturated carbocycles. The maximum Gasteiger partial charge on any atom is 0.223 e. The van der Waals surface area contributed by atoms with Gasteiger partial charge < -0.3 is 4.90 Å². The molecule has 2 fully saturated rings. The lowest BCUT2D eigenvalue weighted by Crippen LogP contribution is -2.52. The highest BCUT2D eigenvalue weighted by atomic mass is 16.2. The van der Waals surface area contributed by atoms with Gasteiger partial charge in [0.25, 0.3) is 0 Å². The minimum Gasteiger partial charge on any atom is -0.341 e. The summed E-state index contributed by atoms with van der Waals surface area (Å²) in [6.07, 6.45) is 5.91. The minimum atomic E-state index is 0.217. The molecule has 7 nitrogen and oxygen atoms in total. The molecular formula is C15H26N6O. The van der Waals surface area contributed by atoms with E-state index in [9.17, 15) is 4.79 Å². The van der Waals surface area contributed by atoms with Crippen LogP contribution >= 0.6 is 0 Å². The number of aromatic nitrogens is 4. The highest BCUT2D eigenvalue weighted by Gasteiger charge is 2.36. The third-order valence-electron chi connectivity index (χ3n) is 5.14. The van der Waals surface area contributed by atoms with Crippen molar-refractivity contribution in [2.24, 2.45) is 0 Å². The van der Waals surface area contributed by atoms with Crippen LogP contribution in [0, 0.1) is 0 Å². The number of carbonyl (C=O) groups is 1. The Morgan fingerprint density at radius 2 is 2.05 bits per heavy atom. The van der Waals surface area contributed by atoms with E-state index in [0.29, 0.717) is 36.8 Å². The monoisotopic (exact) mass is 306 g/mol. The van der Waals surface area contributed by atoms with Crippen molar-refractivity contribution in [3.8, 4) is 0 Å². The zero-order valence-electron chi connectivity index (χ0n) is 13.5. The van der Waals surface area contributed by atoms with E-state index in [1.54, 1.807) is 0 Å². The van der Waals surface area contributed by atoms with E-state index in [2.05, 4.69) is 39.4 Å². The van der Waals surface area contributed by atoms with Crippen LogP contribution in [-0.4, -0.2) is 67.5 Å². The van der Waals surface area contributed by atoms with Gasteiger partial charge in [0.15, 0.2) is 5.82 Å². The molecule has 1 N–H and O–H groups in total. The number of rotatable bonds is 4. The fourth-order valence-electron chi connectivity index (χ4n) is 4.02. The minimum absolute atomic E-state index is 0.217. The lowest BCUT2D eigenvalue weighted by atomic mass is 10.0. The lowest BCUT2D eigenvalue weighted by molar-refractivity contribution is -0.133. The summed E-state index contributed by atoms with van der Waals surface area (Å²) < 4.78 is 0. The number of nitrogens with zero attached hydrogens (tertiary/aromatic N) is 5. The maximum absolute atomic E-state index is 12.4. The lowest BCUT2D eigenvalue weighted by Gasteiger charge is -2.41. The van der Waals surface area contributed by atoms with Gasteiger partial charge in [0.2, 0.25) is 5.91 Å². The molecule has 7 heteroatoms. The van der Waals surface area contributed by atoms with Crippen molar-refractivity contribution >= 4 is 5.91 Å². The predicted octanol–water partition coefficient (Wildman–Crippen LogP) is 0.996. The van der Waals surface area contributed by atoms with Gasteiger partial charge in [-0.2, -0.15) is 5.21 Å². The molecule has 2 saturated heterocycles. The Kier molecular flexibility index (Phi) is 4.71. The van der Waals surface area contributed by atoms with Gasteiger partial charge in [0, 0.05) is 44.1 Å². The molecule has 0 radical (unpaired) electrons. The number of hydrogen-bond acceptors (Lipinski definition) is 5. The van der Waals surface area contributed by atoms with Crippen LogP contribution in [0.2, 0.25) is 0 Å². The second kappa shape index (κ2) is 6.73. The number of likely N-dealkylation sites (tertiary alicyclic amines) is 2. The number of piperidine rings is 1. The summed E-state index contributed by atoms with van der Waals surface area (Å²) in [4.78, 5) is 17.1. The van der Waals surface area contributed by atoms with Gasteiger partial charge in [-0.15, -0.1) is 10.2 Å². The number of hydrogen-bond donors (Lipinski definition) is 1. The van der Waals surface area contributed by atoms with Crippen molar-refractivity contribution in [2.45, 2.75) is 70.5 Å². The quantitative estimate of drug-likeness (QED) is 0.898. The highest BCUT2D eigenvalue weighted by molar-refractivity contribution is 5.76. The van der Waals surface area contributed by atoms with E-state index in [-0.39, 0.29) is 5.91 Å². The Bertz CT molecular complexity index is 480. The molecule has 1 amide bonds. The standard InChI is InChI=1S/C15H26N6O/c1-11-5-6-12(2)21(11)13-4-3-9-20(10-13)15(22)8-7-14-16-18-19-17-14/h11-13H,3-10H2,1-2H3,(H,16,17,18,19). The van der Waals surface area contributed by atoms with E-state index >= 15 is 0 Å². The molecule has 0 bridgehead atoms. The first kappa shape index (κ1) is 15.4. The molecule has 3 unspecified atom stereocenters. The summed E-state index contributed by atoms with van der Waals surface area (Å²) >= 11 is 0. The van der Waals surface area contributed by atoms with Crippen molar-refractivity contribution in [3.63, 3.8) is 0 Å². The summed E-state index contributed by atoms with van der Waals surface area (Å²) in [5.74, 6) is 0.831. The van der Waals surface area contributed by atoms with E-state index in [4.69, 9.17) is 0 Å². The van der Waals surface area contributed by atoms with Gasteiger partial charge in [0.05, 0.1) is 0 Å². The van der Waals surface area contributed by atoms with Gasteiger partial charge in [-0.05, 0) is 39.5 Å². The molecule has 0 aromatic carbocycles. The number of nitrogens with one attached hydrogen (secondary N) is 1. The van der Waals surface area contributed by atoms with Gasteiger partial charge in [-0.25, -0.2) is 0 Å². The zero-order valence-corrected chi connectivity index (χ0v) is 13.5. The summed E-state index contributed by atoms with van der Waals surface area (Å²) in [6.45, 7) is 6.40. The molecule has 122 valence electrons. The fourth-order valence-corrected chi connectivity index (χ4v) is 4.02. The maximum atomic E-state index is 12.4. The Morgan fingerprint density at radius 3 is 2.73 bits per heavy atom. The Hall–Kier alpha value is -1.50. The average molecular weight is 306 g/mol. The van der Waals surface area contributed by atoms with E-state index in [1.165, 1.54) is 19.3 Å². The third kappa shape index (κ3) is 3.29. The number of tetrazole rings is 1. The Morgan fingerprint density at radius 1 is 1.27 bits per heavy atom. The van der Waals surface area contributed by atoms with E-state index in [1.807, 2.05) is 4.90 Å². The Balaban J connectivity index is 1.54. The van der Waals surface area contributed by atoms with Gasteiger partial charge in [-0.1, -0.05) is 5.21 Å². The largest absolute Gasteiger partial charge is 0.341 e. The first-order valence-electron chi connectivity index (χ1n) is 8.42. The number of aryl methyl sites for hydroxylation is 1. The second-order valence-corrected chi connectivity index (χ2v) is 6.69. The zero-order chi connectivity index (χ0) is 15.5. The molecular weight excluding hydrogens is 280 g/mol. The van der Waals surface area contributed by atoms with Gasteiger partial charge >= 0.3 is 0 Å². The first-order chi connectivity index (χ1) is 10.6. The molecule has 1 aromatic rings. The van der Waals surface area contributed by atoms with E-state index in [0.717, 1.165) is 19.5 Å². The summed E-state index contributed by atoms with van der Waals surface area (Å²) in [6, 6.07) is 1.82. The van der Waals surface area contributed by atoms with E-state index < -0.39 is 0 Å². The van der Waals surface area contributed by atoms with Crippen LogP contribution in [-0.2, 0) is 11.2 Å². The second-order valence-electron chi connectivity index (χ2n) is 6.69. The van der Waals surface area contributed by atoms with Crippen LogP contribution in [0.25, 0.3) is 0 Å². The number of H-pyrrole nitrogens is 1. The molecule has 1 aromatic heterocycles. The van der Waals surface area contributed by atoms with Crippen LogP contribution in [0.4, 0.5) is 0 Å². The fraction of sp³-hybridized carbons (Fsp3) is 0.867. The average Bonchev–Trinajstić information content (AvgIpc) is 3.15. The van der Waals surface area contributed by atoms with Gasteiger partial charge in [0.1, 0.15) is 0 Å². The predicted molar refractivity (Wildman–Crippen MR) is 82.1 cm³/mol. The summed E-state index contributed by atoms with van der Waals surface area (Å²) in [5, 5.41) is 13.8. The molecule has 3 rings (SSSR count).